The van der Waals surface area contributed by atoms with E-state index >= 15 is 0 Å². The third kappa shape index (κ3) is 4.46. The number of anilines is 1. The predicted molar refractivity (Wildman–Crippen MR) is 112 cm³/mol. The van der Waals surface area contributed by atoms with Crippen LogP contribution in [0.3, 0.4) is 0 Å². The van der Waals surface area contributed by atoms with E-state index in [1.807, 2.05) is 68.4 Å². The van der Waals surface area contributed by atoms with Crippen molar-refractivity contribution in [3.8, 4) is 11.1 Å². The van der Waals surface area contributed by atoms with Crippen LogP contribution >= 0.6 is 0 Å². The van der Waals surface area contributed by atoms with Crippen molar-refractivity contribution in [2.24, 2.45) is 0 Å². The Bertz CT molecular complexity index is 989. The van der Waals surface area contributed by atoms with Gasteiger partial charge in [0.05, 0.1) is 12.2 Å². The number of carbonyl (C=O) groups excluding carboxylic acids is 2. The monoisotopic (exact) mass is 373 g/mol. The summed E-state index contributed by atoms with van der Waals surface area (Å²) in [7, 11) is 0. The molecule has 0 bridgehead atoms. The molecule has 0 saturated carbocycles. The van der Waals surface area contributed by atoms with Crippen LogP contribution in [0.25, 0.3) is 11.1 Å². The molecule has 0 aliphatic carbocycles. The average molecular weight is 373 g/mol. The maximum Gasteiger partial charge on any atom is 0.338 e. The minimum Gasteiger partial charge on any atom is -0.462 e. The van der Waals surface area contributed by atoms with E-state index in [2.05, 4.69) is 5.32 Å². The molecule has 0 unspecified atom stereocenters. The molecule has 0 saturated heterocycles. The highest BCUT2D eigenvalue weighted by molar-refractivity contribution is 6.04. The van der Waals surface area contributed by atoms with Crippen LogP contribution in [0.1, 0.15) is 38.8 Å². The van der Waals surface area contributed by atoms with Gasteiger partial charge < -0.3 is 10.1 Å². The number of amides is 1. The second kappa shape index (κ2) is 8.53. The summed E-state index contributed by atoms with van der Waals surface area (Å²) < 4.78 is 5.02. The topological polar surface area (TPSA) is 55.4 Å². The van der Waals surface area contributed by atoms with Gasteiger partial charge in [0.1, 0.15) is 0 Å². The van der Waals surface area contributed by atoms with Crippen LogP contribution in [-0.4, -0.2) is 18.5 Å². The molecule has 3 rings (SSSR count). The van der Waals surface area contributed by atoms with Gasteiger partial charge in [-0.05, 0) is 73.9 Å². The molecule has 3 aromatic carbocycles. The van der Waals surface area contributed by atoms with Gasteiger partial charge in [0.25, 0.3) is 5.91 Å². The molecule has 0 fully saturated rings. The SMILES string of the molecule is CCOC(=O)c1ccc(-c2cc(NC(=O)c3ccc(C)cc3)ccc2C)cc1. The maximum absolute atomic E-state index is 12.5. The molecular formula is C24H23NO3. The van der Waals surface area contributed by atoms with Crippen molar-refractivity contribution >= 4 is 17.6 Å². The van der Waals surface area contributed by atoms with Crippen molar-refractivity contribution in [3.05, 3.63) is 89.0 Å². The molecule has 28 heavy (non-hydrogen) atoms. The summed E-state index contributed by atoms with van der Waals surface area (Å²) in [6.45, 7) is 6.13. The van der Waals surface area contributed by atoms with E-state index in [1.54, 1.807) is 19.1 Å². The number of aryl methyl sites for hydroxylation is 2. The van der Waals surface area contributed by atoms with Crippen LogP contribution < -0.4 is 5.32 Å². The Morgan fingerprint density at radius 2 is 1.50 bits per heavy atom. The van der Waals surface area contributed by atoms with Gasteiger partial charge >= 0.3 is 5.97 Å². The van der Waals surface area contributed by atoms with Gasteiger partial charge in [-0.2, -0.15) is 0 Å². The van der Waals surface area contributed by atoms with E-state index in [4.69, 9.17) is 4.74 Å². The van der Waals surface area contributed by atoms with Crippen molar-refractivity contribution in [1.82, 2.24) is 0 Å². The second-order valence-corrected chi connectivity index (χ2v) is 6.65. The van der Waals surface area contributed by atoms with Gasteiger partial charge in [0.15, 0.2) is 0 Å². The number of benzene rings is 3. The summed E-state index contributed by atoms with van der Waals surface area (Å²) in [5.74, 6) is -0.475. The number of esters is 1. The first-order valence-corrected chi connectivity index (χ1v) is 9.24. The molecule has 1 N–H and O–H groups in total. The van der Waals surface area contributed by atoms with Crippen molar-refractivity contribution in [3.63, 3.8) is 0 Å². The van der Waals surface area contributed by atoms with E-state index in [-0.39, 0.29) is 11.9 Å². The summed E-state index contributed by atoms with van der Waals surface area (Å²) in [5.41, 5.74) is 6.02. The highest BCUT2D eigenvalue weighted by atomic mass is 16.5. The quantitative estimate of drug-likeness (QED) is 0.609. The fraction of sp³-hybridized carbons (Fsp3) is 0.167. The van der Waals surface area contributed by atoms with E-state index in [1.165, 1.54) is 0 Å². The highest BCUT2D eigenvalue weighted by Gasteiger charge is 2.10. The van der Waals surface area contributed by atoms with Gasteiger partial charge in [-0.15, -0.1) is 0 Å². The van der Waals surface area contributed by atoms with Crippen LogP contribution in [-0.2, 0) is 4.74 Å². The molecule has 0 heterocycles. The summed E-state index contributed by atoms with van der Waals surface area (Å²) >= 11 is 0. The third-order valence-corrected chi connectivity index (χ3v) is 4.52. The fourth-order valence-electron chi connectivity index (χ4n) is 2.92. The molecule has 3 aromatic rings. The number of ether oxygens (including phenoxy) is 1. The Kier molecular flexibility index (Phi) is 5.90. The molecule has 0 aliphatic rings. The van der Waals surface area contributed by atoms with Crippen molar-refractivity contribution in [2.45, 2.75) is 20.8 Å². The van der Waals surface area contributed by atoms with E-state index in [0.29, 0.717) is 17.7 Å². The molecule has 0 atom stereocenters. The molecule has 0 aromatic heterocycles. The minimum absolute atomic E-state index is 0.146. The maximum atomic E-state index is 12.5. The molecule has 0 aliphatic heterocycles. The van der Waals surface area contributed by atoms with Gasteiger partial charge in [-0.1, -0.05) is 35.9 Å². The molecule has 0 radical (unpaired) electrons. The van der Waals surface area contributed by atoms with Gasteiger partial charge in [0.2, 0.25) is 0 Å². The van der Waals surface area contributed by atoms with Gasteiger partial charge in [0, 0.05) is 11.3 Å². The van der Waals surface area contributed by atoms with Crippen LogP contribution in [0.2, 0.25) is 0 Å². The van der Waals surface area contributed by atoms with E-state index in [9.17, 15) is 9.59 Å². The lowest BCUT2D eigenvalue weighted by Crippen LogP contribution is -2.11. The van der Waals surface area contributed by atoms with E-state index < -0.39 is 0 Å². The fourth-order valence-corrected chi connectivity index (χ4v) is 2.92. The number of hydrogen-bond donors (Lipinski definition) is 1. The largest absolute Gasteiger partial charge is 0.462 e. The number of hydrogen-bond acceptors (Lipinski definition) is 3. The standard InChI is InChI=1S/C24H23NO3/c1-4-28-24(27)20-12-10-18(11-13-20)22-15-21(14-7-17(22)3)25-23(26)19-8-5-16(2)6-9-19/h5-15H,4H2,1-3H3,(H,25,26). The molecule has 4 heteroatoms. The zero-order valence-electron chi connectivity index (χ0n) is 16.3. The second-order valence-electron chi connectivity index (χ2n) is 6.65. The van der Waals surface area contributed by atoms with Gasteiger partial charge in [-0.25, -0.2) is 4.79 Å². The first-order valence-electron chi connectivity index (χ1n) is 9.24. The smallest absolute Gasteiger partial charge is 0.338 e. The van der Waals surface area contributed by atoms with E-state index in [0.717, 1.165) is 27.9 Å². The van der Waals surface area contributed by atoms with Crippen LogP contribution in [0, 0.1) is 13.8 Å². The predicted octanol–water partition coefficient (Wildman–Crippen LogP) is 5.40. The third-order valence-electron chi connectivity index (χ3n) is 4.52. The zero-order chi connectivity index (χ0) is 20.1. The van der Waals surface area contributed by atoms with Crippen molar-refractivity contribution in [1.29, 1.82) is 0 Å². The van der Waals surface area contributed by atoms with Gasteiger partial charge in [-0.3, -0.25) is 4.79 Å². The lowest BCUT2D eigenvalue weighted by Gasteiger charge is -2.11. The molecular weight excluding hydrogens is 350 g/mol. The molecule has 1 amide bonds. The van der Waals surface area contributed by atoms with Crippen LogP contribution in [0.5, 0.6) is 0 Å². The molecule has 4 nitrogen and oxygen atoms in total. The summed E-state index contributed by atoms with van der Waals surface area (Å²) in [6, 6.07) is 20.6. The van der Waals surface area contributed by atoms with Crippen LogP contribution in [0.4, 0.5) is 5.69 Å². The zero-order valence-corrected chi connectivity index (χ0v) is 16.3. The van der Waals surface area contributed by atoms with Crippen molar-refractivity contribution in [2.75, 3.05) is 11.9 Å². The normalized spacial score (nSPS) is 10.4. The molecule has 0 spiro atoms. The average Bonchev–Trinajstić information content (AvgIpc) is 2.70. The van der Waals surface area contributed by atoms with Crippen LogP contribution in [0.15, 0.2) is 66.7 Å². The first-order chi connectivity index (χ1) is 13.5. The Hall–Kier alpha value is -3.40. The lowest BCUT2D eigenvalue weighted by atomic mass is 9.98. The Morgan fingerprint density at radius 1 is 0.857 bits per heavy atom. The lowest BCUT2D eigenvalue weighted by molar-refractivity contribution is 0.0526. The summed E-state index contributed by atoms with van der Waals surface area (Å²) in [4.78, 5) is 24.3. The number of nitrogens with one attached hydrogen (secondary N) is 1. The Labute approximate surface area is 165 Å². The Balaban J connectivity index is 1.82. The Morgan fingerprint density at radius 3 is 2.14 bits per heavy atom. The number of carbonyl (C=O) groups is 2. The minimum atomic E-state index is -0.329. The number of rotatable bonds is 5. The summed E-state index contributed by atoms with van der Waals surface area (Å²) in [6.07, 6.45) is 0. The first kappa shape index (κ1) is 19.4. The molecule has 142 valence electrons. The highest BCUT2D eigenvalue weighted by Crippen LogP contribution is 2.27. The van der Waals surface area contributed by atoms with Crippen molar-refractivity contribution < 1.29 is 14.3 Å². The summed E-state index contributed by atoms with van der Waals surface area (Å²) in [5, 5.41) is 2.95.